The Morgan fingerprint density at radius 2 is 2.12 bits per heavy atom. The molecule has 5 nitrogen and oxygen atoms in total. The van der Waals surface area contributed by atoms with Crippen LogP contribution in [0.5, 0.6) is 0 Å². The normalized spacial score (nSPS) is 16.3. The van der Waals surface area contributed by atoms with Crippen molar-refractivity contribution in [2.24, 2.45) is 0 Å². The Morgan fingerprint density at radius 1 is 1.38 bits per heavy atom. The van der Waals surface area contributed by atoms with Crippen molar-refractivity contribution >= 4 is 21.6 Å². The lowest BCUT2D eigenvalue weighted by molar-refractivity contribution is 0.252. The third-order valence-corrected chi connectivity index (χ3v) is 3.52. The van der Waals surface area contributed by atoms with Gasteiger partial charge >= 0.3 is 6.03 Å². The summed E-state index contributed by atoms with van der Waals surface area (Å²) in [6, 6.07) is 6.20. The standard InChI is InChI=1S/C10H12N2O3S/c1-16(14,15)9-4-2-3-8(7-9)12-6-5-11-10(12)13/h2-4,7H,5-6H2,1H3,(H,11,13). The second kappa shape index (κ2) is 3.79. The van der Waals surface area contributed by atoms with Gasteiger partial charge in [-0.3, -0.25) is 4.90 Å². The molecule has 86 valence electrons. The lowest BCUT2D eigenvalue weighted by Gasteiger charge is -2.14. The van der Waals surface area contributed by atoms with Gasteiger partial charge in [0.05, 0.1) is 4.90 Å². The Balaban J connectivity index is 2.40. The van der Waals surface area contributed by atoms with Gasteiger partial charge in [-0.15, -0.1) is 0 Å². The summed E-state index contributed by atoms with van der Waals surface area (Å²) in [5, 5.41) is 2.66. The number of rotatable bonds is 2. The molecule has 0 aromatic heterocycles. The molecular weight excluding hydrogens is 228 g/mol. The van der Waals surface area contributed by atoms with Crippen molar-refractivity contribution in [3.8, 4) is 0 Å². The zero-order valence-corrected chi connectivity index (χ0v) is 9.62. The molecule has 0 atom stereocenters. The van der Waals surface area contributed by atoms with E-state index in [1.807, 2.05) is 0 Å². The second-order valence-corrected chi connectivity index (χ2v) is 5.67. The minimum absolute atomic E-state index is 0.189. The van der Waals surface area contributed by atoms with E-state index < -0.39 is 9.84 Å². The predicted octanol–water partition coefficient (Wildman–Crippen LogP) is 0.620. The summed E-state index contributed by atoms with van der Waals surface area (Å²) in [6.07, 6.45) is 1.15. The first kappa shape index (κ1) is 10.9. The number of anilines is 1. The van der Waals surface area contributed by atoms with Gasteiger partial charge in [0.1, 0.15) is 0 Å². The van der Waals surface area contributed by atoms with Gasteiger partial charge in [0.25, 0.3) is 0 Å². The summed E-state index contributed by atoms with van der Waals surface area (Å²) < 4.78 is 22.7. The quantitative estimate of drug-likeness (QED) is 0.824. The summed E-state index contributed by atoms with van der Waals surface area (Å²) in [5.41, 5.74) is 0.609. The van der Waals surface area contributed by atoms with Crippen LogP contribution >= 0.6 is 0 Å². The van der Waals surface area contributed by atoms with E-state index in [2.05, 4.69) is 5.32 Å². The van der Waals surface area contributed by atoms with Gasteiger partial charge in [-0.25, -0.2) is 13.2 Å². The van der Waals surface area contributed by atoms with E-state index in [0.717, 1.165) is 6.26 Å². The van der Waals surface area contributed by atoms with Gasteiger partial charge in [0.15, 0.2) is 9.84 Å². The van der Waals surface area contributed by atoms with Gasteiger partial charge in [0.2, 0.25) is 0 Å². The van der Waals surface area contributed by atoms with E-state index in [1.165, 1.54) is 17.0 Å². The smallest absolute Gasteiger partial charge is 0.321 e. The number of sulfone groups is 1. The van der Waals surface area contributed by atoms with Crippen molar-refractivity contribution in [1.29, 1.82) is 0 Å². The Kier molecular flexibility index (Phi) is 2.59. The highest BCUT2D eigenvalue weighted by Gasteiger charge is 2.21. The molecule has 1 saturated heterocycles. The largest absolute Gasteiger partial charge is 0.336 e. The first-order valence-electron chi connectivity index (χ1n) is 4.84. The van der Waals surface area contributed by atoms with Crippen molar-refractivity contribution in [1.82, 2.24) is 5.32 Å². The van der Waals surface area contributed by atoms with E-state index in [1.54, 1.807) is 12.1 Å². The molecule has 1 aliphatic heterocycles. The van der Waals surface area contributed by atoms with Gasteiger partial charge in [-0.1, -0.05) is 6.07 Å². The van der Waals surface area contributed by atoms with Crippen LogP contribution < -0.4 is 10.2 Å². The molecule has 6 heteroatoms. The number of urea groups is 1. The van der Waals surface area contributed by atoms with E-state index in [0.29, 0.717) is 18.8 Å². The van der Waals surface area contributed by atoms with Crippen molar-refractivity contribution in [2.45, 2.75) is 4.90 Å². The molecule has 1 aliphatic rings. The van der Waals surface area contributed by atoms with Crippen LogP contribution in [0.2, 0.25) is 0 Å². The number of hydrogen-bond acceptors (Lipinski definition) is 3. The van der Waals surface area contributed by atoms with E-state index in [4.69, 9.17) is 0 Å². The highest BCUT2D eigenvalue weighted by atomic mass is 32.2. The van der Waals surface area contributed by atoms with Gasteiger partial charge in [-0.05, 0) is 18.2 Å². The third-order valence-electron chi connectivity index (χ3n) is 2.41. The molecule has 2 amide bonds. The minimum atomic E-state index is -3.23. The van der Waals surface area contributed by atoms with Crippen LogP contribution in [0.4, 0.5) is 10.5 Å². The number of carbonyl (C=O) groups excluding carboxylic acids is 1. The third kappa shape index (κ3) is 2.01. The van der Waals surface area contributed by atoms with E-state index in [-0.39, 0.29) is 10.9 Å². The van der Waals surface area contributed by atoms with Crippen molar-refractivity contribution < 1.29 is 13.2 Å². The lowest BCUT2D eigenvalue weighted by Crippen LogP contribution is -2.27. The molecule has 1 aromatic rings. The molecular formula is C10H12N2O3S. The Morgan fingerprint density at radius 3 is 2.69 bits per heavy atom. The van der Waals surface area contributed by atoms with Crippen LogP contribution in [0.15, 0.2) is 29.2 Å². The van der Waals surface area contributed by atoms with Crippen molar-refractivity contribution in [3.05, 3.63) is 24.3 Å². The fourth-order valence-electron chi connectivity index (χ4n) is 1.60. The Labute approximate surface area is 94.0 Å². The highest BCUT2D eigenvalue weighted by Crippen LogP contribution is 2.20. The van der Waals surface area contributed by atoms with E-state index >= 15 is 0 Å². The molecule has 0 saturated carbocycles. The van der Waals surface area contributed by atoms with Gasteiger partial charge in [0, 0.05) is 25.0 Å². The van der Waals surface area contributed by atoms with Crippen LogP contribution in [0.3, 0.4) is 0 Å². The first-order valence-corrected chi connectivity index (χ1v) is 6.73. The molecule has 16 heavy (non-hydrogen) atoms. The maximum absolute atomic E-state index is 11.4. The predicted molar refractivity (Wildman–Crippen MR) is 60.3 cm³/mol. The fraction of sp³-hybridized carbons (Fsp3) is 0.300. The second-order valence-electron chi connectivity index (χ2n) is 3.65. The summed E-state index contributed by atoms with van der Waals surface area (Å²) in [5.74, 6) is 0. The number of nitrogens with zero attached hydrogens (tertiary/aromatic N) is 1. The fourth-order valence-corrected chi connectivity index (χ4v) is 2.26. The minimum Gasteiger partial charge on any atom is -0.336 e. The van der Waals surface area contributed by atoms with Crippen molar-refractivity contribution in [3.63, 3.8) is 0 Å². The molecule has 0 bridgehead atoms. The van der Waals surface area contributed by atoms with Gasteiger partial charge < -0.3 is 5.32 Å². The molecule has 1 fully saturated rings. The number of amides is 2. The summed E-state index contributed by atoms with van der Waals surface area (Å²) in [7, 11) is -3.23. The average Bonchev–Trinajstić information content (AvgIpc) is 2.63. The van der Waals surface area contributed by atoms with Crippen LogP contribution in [0.25, 0.3) is 0 Å². The molecule has 2 rings (SSSR count). The van der Waals surface area contributed by atoms with Crippen LogP contribution in [-0.4, -0.2) is 33.8 Å². The van der Waals surface area contributed by atoms with Crippen molar-refractivity contribution in [2.75, 3.05) is 24.2 Å². The molecule has 1 N–H and O–H groups in total. The molecule has 0 spiro atoms. The lowest BCUT2D eigenvalue weighted by atomic mass is 10.3. The summed E-state index contributed by atoms with van der Waals surface area (Å²) >= 11 is 0. The van der Waals surface area contributed by atoms with E-state index in [9.17, 15) is 13.2 Å². The molecule has 1 heterocycles. The van der Waals surface area contributed by atoms with Crippen LogP contribution in [-0.2, 0) is 9.84 Å². The summed E-state index contributed by atoms with van der Waals surface area (Å²) in [6.45, 7) is 1.15. The highest BCUT2D eigenvalue weighted by molar-refractivity contribution is 7.90. The topological polar surface area (TPSA) is 66.5 Å². The Bertz CT molecular complexity index is 525. The Hall–Kier alpha value is -1.56. The number of hydrogen-bond donors (Lipinski definition) is 1. The maximum Gasteiger partial charge on any atom is 0.321 e. The summed E-state index contributed by atoms with van der Waals surface area (Å²) in [4.78, 5) is 13.2. The molecule has 0 aliphatic carbocycles. The molecule has 1 aromatic carbocycles. The molecule has 0 radical (unpaired) electrons. The number of carbonyl (C=O) groups is 1. The molecule has 0 unspecified atom stereocenters. The first-order chi connectivity index (χ1) is 7.48. The van der Waals surface area contributed by atoms with Crippen LogP contribution in [0, 0.1) is 0 Å². The number of nitrogens with one attached hydrogen (secondary N) is 1. The number of benzene rings is 1. The zero-order chi connectivity index (χ0) is 11.8. The monoisotopic (exact) mass is 240 g/mol. The zero-order valence-electron chi connectivity index (χ0n) is 8.80. The van der Waals surface area contributed by atoms with Gasteiger partial charge in [-0.2, -0.15) is 0 Å². The SMILES string of the molecule is CS(=O)(=O)c1cccc(N2CCNC2=O)c1. The maximum atomic E-state index is 11.4. The average molecular weight is 240 g/mol. The van der Waals surface area contributed by atoms with Crippen LogP contribution in [0.1, 0.15) is 0 Å².